The number of fused-ring (bicyclic) bond motifs is 1. The molecule has 0 aromatic heterocycles. The smallest absolute Gasteiger partial charge is 0.264 e. The first-order valence-electron chi connectivity index (χ1n) is 7.29. The molecule has 2 N–H and O–H groups in total. The molecule has 3 rings (SSSR count). The van der Waals surface area contributed by atoms with Crippen molar-refractivity contribution in [2.45, 2.75) is 11.3 Å². The molecule has 0 spiro atoms. The normalized spacial score (nSPS) is 13.6. The average Bonchev–Trinajstić information content (AvgIpc) is 2.96. The largest absolute Gasteiger partial charge is 0.481 e. The van der Waals surface area contributed by atoms with Crippen molar-refractivity contribution in [1.82, 2.24) is 0 Å². The van der Waals surface area contributed by atoms with Crippen molar-refractivity contribution in [3.63, 3.8) is 0 Å². The predicted molar refractivity (Wildman–Crippen MR) is 93.5 cm³/mol. The van der Waals surface area contributed by atoms with E-state index >= 15 is 0 Å². The van der Waals surface area contributed by atoms with E-state index in [0.717, 1.165) is 5.56 Å². The fourth-order valence-corrected chi connectivity index (χ4v) is 3.52. The minimum Gasteiger partial charge on any atom is -0.481 e. The van der Waals surface area contributed by atoms with Gasteiger partial charge in [-0.25, -0.2) is 17.9 Å². The molecular weight excluding hydrogens is 415 g/mol. The number of halogens is 2. The van der Waals surface area contributed by atoms with Crippen LogP contribution in [0.4, 0.5) is 10.1 Å². The van der Waals surface area contributed by atoms with Crippen molar-refractivity contribution in [1.29, 1.82) is 0 Å². The molecule has 1 amide bonds. The van der Waals surface area contributed by atoms with Gasteiger partial charge in [0.2, 0.25) is 10.0 Å². The number of carbonyl (C=O) groups excluding carboxylic acids is 1. The van der Waals surface area contributed by atoms with Crippen LogP contribution in [0.3, 0.4) is 0 Å². The zero-order valence-corrected chi connectivity index (χ0v) is 15.3. The van der Waals surface area contributed by atoms with Crippen molar-refractivity contribution in [3.05, 3.63) is 52.3 Å². The molecule has 0 radical (unpaired) electrons. The number of nitrogens with zero attached hydrogens (tertiary/aromatic N) is 1. The molecular formula is C16H14BrFN2O4S. The summed E-state index contributed by atoms with van der Waals surface area (Å²) in [7, 11) is -3.79. The van der Waals surface area contributed by atoms with Crippen LogP contribution in [0, 0.1) is 5.82 Å². The summed E-state index contributed by atoms with van der Waals surface area (Å²) < 4.78 is 42.4. The SMILES string of the molecule is NS(=O)(=O)c1ccc2c(c1)CCN2C(=O)COc1ccc(Br)cc1F. The number of rotatable bonds is 4. The van der Waals surface area contributed by atoms with E-state index in [0.29, 0.717) is 23.1 Å². The van der Waals surface area contributed by atoms with Crippen LogP contribution in [-0.4, -0.2) is 27.5 Å². The summed E-state index contributed by atoms with van der Waals surface area (Å²) in [5.74, 6) is -0.924. The summed E-state index contributed by atoms with van der Waals surface area (Å²) in [6.45, 7) is 0.0728. The molecule has 2 aromatic rings. The van der Waals surface area contributed by atoms with Gasteiger partial charge in [0.15, 0.2) is 18.2 Å². The number of ether oxygens (including phenoxy) is 1. The summed E-state index contributed by atoms with van der Waals surface area (Å²) in [6.07, 6.45) is 0.511. The van der Waals surface area contributed by atoms with E-state index < -0.39 is 15.8 Å². The lowest BCUT2D eigenvalue weighted by Gasteiger charge is -2.18. The summed E-state index contributed by atoms with van der Waals surface area (Å²) in [5.41, 5.74) is 1.33. The van der Waals surface area contributed by atoms with E-state index in [1.54, 1.807) is 12.1 Å². The Morgan fingerprint density at radius 3 is 2.72 bits per heavy atom. The summed E-state index contributed by atoms with van der Waals surface area (Å²) in [5, 5.41) is 5.11. The lowest BCUT2D eigenvalue weighted by molar-refractivity contribution is -0.120. The van der Waals surface area contributed by atoms with Gasteiger partial charge in [0.05, 0.1) is 4.90 Å². The van der Waals surface area contributed by atoms with Crippen LogP contribution < -0.4 is 14.8 Å². The zero-order chi connectivity index (χ0) is 18.2. The molecule has 9 heteroatoms. The average molecular weight is 429 g/mol. The molecule has 6 nitrogen and oxygen atoms in total. The summed E-state index contributed by atoms with van der Waals surface area (Å²) in [6, 6.07) is 8.66. The number of anilines is 1. The molecule has 1 heterocycles. The quantitative estimate of drug-likeness (QED) is 0.807. The Kier molecular flexibility index (Phi) is 4.81. The van der Waals surface area contributed by atoms with Crippen LogP contribution in [0.15, 0.2) is 45.8 Å². The number of primary sulfonamides is 1. The Labute approximate surface area is 152 Å². The number of amides is 1. The minimum absolute atomic E-state index is 0.00809. The van der Waals surface area contributed by atoms with E-state index in [2.05, 4.69) is 15.9 Å². The van der Waals surface area contributed by atoms with Crippen LogP contribution in [0.1, 0.15) is 5.56 Å². The Bertz CT molecular complexity index is 949. The minimum atomic E-state index is -3.79. The Hall–Kier alpha value is -1.97. The maximum Gasteiger partial charge on any atom is 0.264 e. The molecule has 0 aliphatic carbocycles. The molecule has 25 heavy (non-hydrogen) atoms. The number of carbonyl (C=O) groups is 1. The van der Waals surface area contributed by atoms with E-state index in [1.165, 1.54) is 29.2 Å². The second kappa shape index (κ2) is 6.74. The number of benzene rings is 2. The lowest BCUT2D eigenvalue weighted by atomic mass is 10.2. The molecule has 132 valence electrons. The van der Waals surface area contributed by atoms with Crippen LogP contribution in [0.2, 0.25) is 0 Å². The highest BCUT2D eigenvalue weighted by Gasteiger charge is 2.26. The lowest BCUT2D eigenvalue weighted by Crippen LogP contribution is -2.33. The maximum atomic E-state index is 13.7. The van der Waals surface area contributed by atoms with Crippen LogP contribution in [0.25, 0.3) is 0 Å². The molecule has 0 saturated carbocycles. The maximum absolute atomic E-state index is 13.7. The number of hydrogen-bond donors (Lipinski definition) is 1. The summed E-state index contributed by atoms with van der Waals surface area (Å²) >= 11 is 3.15. The topological polar surface area (TPSA) is 89.7 Å². The van der Waals surface area contributed by atoms with Gasteiger partial charge >= 0.3 is 0 Å². The highest BCUT2D eigenvalue weighted by Crippen LogP contribution is 2.30. The highest BCUT2D eigenvalue weighted by atomic mass is 79.9. The Morgan fingerprint density at radius 1 is 1.28 bits per heavy atom. The van der Waals surface area contributed by atoms with E-state index in [1.807, 2.05) is 0 Å². The molecule has 2 aromatic carbocycles. The van der Waals surface area contributed by atoms with Crippen LogP contribution in [0.5, 0.6) is 5.75 Å². The van der Waals surface area contributed by atoms with Crippen molar-refractivity contribution in [2.24, 2.45) is 5.14 Å². The molecule has 0 saturated heterocycles. The van der Waals surface area contributed by atoms with Crippen LogP contribution in [-0.2, 0) is 21.2 Å². The van der Waals surface area contributed by atoms with Crippen LogP contribution >= 0.6 is 15.9 Å². The van der Waals surface area contributed by atoms with Gasteiger partial charge in [0.1, 0.15) is 0 Å². The van der Waals surface area contributed by atoms with Gasteiger partial charge in [0.25, 0.3) is 5.91 Å². The number of sulfonamides is 1. The van der Waals surface area contributed by atoms with Gasteiger partial charge in [-0.15, -0.1) is 0 Å². The number of hydrogen-bond acceptors (Lipinski definition) is 4. The molecule has 1 aliphatic rings. The third-order valence-electron chi connectivity index (χ3n) is 3.82. The predicted octanol–water partition coefficient (Wildman–Crippen LogP) is 2.20. The standard InChI is InChI=1S/C16H14BrFN2O4S/c17-11-1-4-15(13(18)8-11)24-9-16(21)20-6-5-10-7-12(25(19,22)23)2-3-14(10)20/h1-4,7-8H,5-6,9H2,(H2,19,22,23). The fourth-order valence-electron chi connectivity index (χ4n) is 2.62. The summed E-state index contributed by atoms with van der Waals surface area (Å²) in [4.78, 5) is 13.9. The second-order valence-corrected chi connectivity index (χ2v) is 7.97. The van der Waals surface area contributed by atoms with Crippen molar-refractivity contribution in [3.8, 4) is 5.75 Å². The van der Waals surface area contributed by atoms with E-state index in [4.69, 9.17) is 9.88 Å². The van der Waals surface area contributed by atoms with Gasteiger partial charge in [-0.1, -0.05) is 15.9 Å². The Balaban J connectivity index is 1.73. The molecule has 1 aliphatic heterocycles. The second-order valence-electron chi connectivity index (χ2n) is 5.49. The molecule has 0 unspecified atom stereocenters. The Morgan fingerprint density at radius 2 is 2.04 bits per heavy atom. The van der Waals surface area contributed by atoms with Crippen molar-refractivity contribution < 1.29 is 22.3 Å². The molecule has 0 bridgehead atoms. The van der Waals surface area contributed by atoms with Gasteiger partial charge in [0, 0.05) is 16.7 Å². The molecule has 0 atom stereocenters. The first-order valence-corrected chi connectivity index (χ1v) is 9.63. The van der Waals surface area contributed by atoms with E-state index in [9.17, 15) is 17.6 Å². The van der Waals surface area contributed by atoms with Gasteiger partial charge in [-0.3, -0.25) is 4.79 Å². The van der Waals surface area contributed by atoms with Crippen molar-refractivity contribution in [2.75, 3.05) is 18.1 Å². The number of nitrogens with two attached hydrogens (primary N) is 1. The first kappa shape index (κ1) is 17.8. The first-order chi connectivity index (χ1) is 11.8. The third kappa shape index (κ3) is 3.83. The molecule has 0 fully saturated rings. The van der Waals surface area contributed by atoms with Gasteiger partial charge in [-0.2, -0.15) is 0 Å². The monoisotopic (exact) mass is 428 g/mol. The van der Waals surface area contributed by atoms with E-state index in [-0.39, 0.29) is 23.2 Å². The van der Waals surface area contributed by atoms with Gasteiger partial charge < -0.3 is 9.64 Å². The zero-order valence-electron chi connectivity index (χ0n) is 12.9. The van der Waals surface area contributed by atoms with Gasteiger partial charge in [-0.05, 0) is 48.4 Å². The van der Waals surface area contributed by atoms with Crippen molar-refractivity contribution >= 4 is 37.5 Å². The third-order valence-corrected chi connectivity index (χ3v) is 5.23. The fraction of sp³-hybridized carbons (Fsp3) is 0.188. The highest BCUT2D eigenvalue weighted by molar-refractivity contribution is 9.10.